The summed E-state index contributed by atoms with van der Waals surface area (Å²) in [5.74, 6) is 0.458. The molecule has 0 radical (unpaired) electrons. The summed E-state index contributed by atoms with van der Waals surface area (Å²) in [6.45, 7) is 7.00. The van der Waals surface area contributed by atoms with Crippen LogP contribution >= 0.6 is 0 Å². The van der Waals surface area contributed by atoms with E-state index in [9.17, 15) is 4.79 Å². The number of carbonyl (C=O) groups is 1. The Morgan fingerprint density at radius 3 is 2.88 bits per heavy atom. The fraction of sp³-hybridized carbons (Fsp3) is 0.667. The molecular weight excluding hydrogens is 202 g/mol. The van der Waals surface area contributed by atoms with Crippen molar-refractivity contribution in [3.63, 3.8) is 0 Å². The van der Waals surface area contributed by atoms with E-state index in [0.29, 0.717) is 0 Å². The summed E-state index contributed by atoms with van der Waals surface area (Å²) in [5, 5.41) is 7.33. The molecule has 0 bridgehead atoms. The van der Waals surface area contributed by atoms with Gasteiger partial charge in [0.1, 0.15) is 0 Å². The molecule has 88 valence electrons. The molecule has 1 aliphatic rings. The van der Waals surface area contributed by atoms with Crippen molar-refractivity contribution in [1.82, 2.24) is 15.1 Å². The van der Waals surface area contributed by atoms with Gasteiger partial charge in [-0.3, -0.25) is 9.48 Å². The lowest BCUT2D eigenvalue weighted by atomic mass is 10.1. The Balaban J connectivity index is 2.04. The van der Waals surface area contributed by atoms with E-state index in [1.54, 1.807) is 0 Å². The molecule has 1 aromatic heterocycles. The Morgan fingerprint density at radius 1 is 1.69 bits per heavy atom. The van der Waals surface area contributed by atoms with E-state index in [-0.39, 0.29) is 17.9 Å². The maximum atomic E-state index is 11.6. The zero-order chi connectivity index (χ0) is 11.7. The Labute approximate surface area is 96.0 Å². The van der Waals surface area contributed by atoms with Crippen LogP contribution in [0.4, 0.5) is 0 Å². The summed E-state index contributed by atoms with van der Waals surface area (Å²) >= 11 is 0. The van der Waals surface area contributed by atoms with Gasteiger partial charge in [-0.1, -0.05) is 0 Å². The van der Waals surface area contributed by atoms with E-state index in [0.717, 1.165) is 30.6 Å². The van der Waals surface area contributed by atoms with Crippen LogP contribution in [-0.2, 0) is 11.3 Å². The van der Waals surface area contributed by atoms with Gasteiger partial charge in [0.2, 0.25) is 5.91 Å². The van der Waals surface area contributed by atoms with Gasteiger partial charge in [-0.25, -0.2) is 0 Å². The second-order valence-corrected chi connectivity index (χ2v) is 4.51. The average molecular weight is 221 g/mol. The van der Waals surface area contributed by atoms with E-state index >= 15 is 0 Å². The van der Waals surface area contributed by atoms with Crippen molar-refractivity contribution in [3.8, 4) is 0 Å². The smallest absolute Gasteiger partial charge is 0.223 e. The van der Waals surface area contributed by atoms with Crippen LogP contribution in [0.5, 0.6) is 0 Å². The number of aromatic nitrogens is 2. The normalized spacial score (nSPS) is 17.2. The predicted octanol–water partition coefficient (Wildman–Crippen LogP) is 1.80. The highest BCUT2D eigenvalue weighted by Gasteiger charge is 2.30. The van der Waals surface area contributed by atoms with E-state index in [2.05, 4.69) is 17.3 Å². The maximum Gasteiger partial charge on any atom is 0.223 e. The Kier molecular flexibility index (Phi) is 2.99. The van der Waals surface area contributed by atoms with Gasteiger partial charge in [-0.2, -0.15) is 5.10 Å². The molecule has 1 fully saturated rings. The van der Waals surface area contributed by atoms with Gasteiger partial charge in [-0.05, 0) is 33.6 Å². The minimum Gasteiger partial charge on any atom is -0.349 e. The first-order valence-electron chi connectivity index (χ1n) is 5.96. The third kappa shape index (κ3) is 2.10. The molecule has 1 heterocycles. The fourth-order valence-corrected chi connectivity index (χ4v) is 1.96. The van der Waals surface area contributed by atoms with Crippen molar-refractivity contribution in [2.45, 2.75) is 46.2 Å². The van der Waals surface area contributed by atoms with Crippen LogP contribution in [0.3, 0.4) is 0 Å². The third-order valence-electron chi connectivity index (χ3n) is 3.21. The Bertz CT molecular complexity index is 393. The van der Waals surface area contributed by atoms with Gasteiger partial charge in [0.05, 0.1) is 12.2 Å². The molecule has 1 amide bonds. The van der Waals surface area contributed by atoms with E-state index in [1.807, 2.05) is 24.7 Å². The lowest BCUT2D eigenvalue weighted by Crippen LogP contribution is -2.28. The molecule has 1 saturated carbocycles. The predicted molar refractivity (Wildman–Crippen MR) is 61.9 cm³/mol. The Morgan fingerprint density at radius 2 is 2.38 bits per heavy atom. The van der Waals surface area contributed by atoms with Crippen molar-refractivity contribution in [2.24, 2.45) is 5.92 Å². The van der Waals surface area contributed by atoms with E-state index in [1.165, 1.54) is 0 Å². The van der Waals surface area contributed by atoms with Crippen molar-refractivity contribution in [2.75, 3.05) is 0 Å². The summed E-state index contributed by atoms with van der Waals surface area (Å²) in [6, 6.07) is 0.0633. The standard InChI is InChI=1S/C12H19N3O/c1-4-15-9(3)11(7-13-15)8(2)14-12(16)10-5-6-10/h7-8,10H,4-6H2,1-3H3,(H,14,16). The number of hydrogen-bond acceptors (Lipinski definition) is 2. The molecule has 0 aromatic carbocycles. The van der Waals surface area contributed by atoms with Gasteiger partial charge < -0.3 is 5.32 Å². The fourth-order valence-electron chi connectivity index (χ4n) is 1.96. The third-order valence-corrected chi connectivity index (χ3v) is 3.21. The van der Waals surface area contributed by atoms with Crippen LogP contribution in [0.2, 0.25) is 0 Å². The van der Waals surface area contributed by atoms with Gasteiger partial charge >= 0.3 is 0 Å². The lowest BCUT2D eigenvalue weighted by Gasteiger charge is -2.13. The average Bonchev–Trinajstić information content (AvgIpc) is 3.02. The van der Waals surface area contributed by atoms with Crippen LogP contribution < -0.4 is 5.32 Å². The first-order chi connectivity index (χ1) is 7.63. The van der Waals surface area contributed by atoms with Crippen LogP contribution in [0.15, 0.2) is 6.20 Å². The van der Waals surface area contributed by atoms with Gasteiger partial charge in [0.25, 0.3) is 0 Å². The zero-order valence-electron chi connectivity index (χ0n) is 10.2. The molecule has 0 spiro atoms. The molecule has 1 aromatic rings. The summed E-state index contributed by atoms with van der Waals surface area (Å²) in [4.78, 5) is 11.6. The molecule has 1 aliphatic carbocycles. The Hall–Kier alpha value is -1.32. The summed E-state index contributed by atoms with van der Waals surface area (Å²) in [6.07, 6.45) is 3.95. The number of amides is 1. The number of hydrogen-bond donors (Lipinski definition) is 1. The second kappa shape index (κ2) is 4.28. The largest absolute Gasteiger partial charge is 0.349 e. The molecule has 4 nitrogen and oxygen atoms in total. The lowest BCUT2D eigenvalue weighted by molar-refractivity contribution is -0.122. The summed E-state index contributed by atoms with van der Waals surface area (Å²) in [7, 11) is 0. The molecule has 2 rings (SSSR count). The molecule has 16 heavy (non-hydrogen) atoms. The number of nitrogens with zero attached hydrogens (tertiary/aromatic N) is 2. The quantitative estimate of drug-likeness (QED) is 0.842. The van der Waals surface area contributed by atoms with Crippen LogP contribution in [-0.4, -0.2) is 15.7 Å². The first kappa shape index (κ1) is 11.2. The number of rotatable bonds is 4. The minimum atomic E-state index is 0.0633. The topological polar surface area (TPSA) is 46.9 Å². The van der Waals surface area contributed by atoms with E-state index in [4.69, 9.17) is 0 Å². The molecular formula is C12H19N3O. The van der Waals surface area contributed by atoms with Crippen molar-refractivity contribution in [3.05, 3.63) is 17.5 Å². The SMILES string of the molecule is CCn1ncc(C(C)NC(=O)C2CC2)c1C. The highest BCUT2D eigenvalue weighted by atomic mass is 16.2. The monoisotopic (exact) mass is 221 g/mol. The van der Waals surface area contributed by atoms with Crippen molar-refractivity contribution >= 4 is 5.91 Å². The molecule has 0 aliphatic heterocycles. The zero-order valence-corrected chi connectivity index (χ0v) is 10.2. The van der Waals surface area contributed by atoms with Gasteiger partial charge in [0.15, 0.2) is 0 Å². The van der Waals surface area contributed by atoms with Gasteiger partial charge in [0, 0.05) is 23.7 Å². The molecule has 1 N–H and O–H groups in total. The van der Waals surface area contributed by atoms with E-state index < -0.39 is 0 Å². The number of nitrogens with one attached hydrogen (secondary N) is 1. The summed E-state index contributed by atoms with van der Waals surface area (Å²) in [5.41, 5.74) is 2.27. The number of aryl methyl sites for hydroxylation is 1. The van der Waals surface area contributed by atoms with Crippen molar-refractivity contribution in [1.29, 1.82) is 0 Å². The minimum absolute atomic E-state index is 0.0633. The van der Waals surface area contributed by atoms with Crippen LogP contribution in [0, 0.1) is 12.8 Å². The van der Waals surface area contributed by atoms with Crippen molar-refractivity contribution < 1.29 is 4.79 Å². The molecule has 4 heteroatoms. The number of carbonyl (C=O) groups excluding carboxylic acids is 1. The highest BCUT2D eigenvalue weighted by Crippen LogP contribution is 2.30. The molecule has 0 saturated heterocycles. The maximum absolute atomic E-state index is 11.6. The molecule has 1 atom stereocenters. The summed E-state index contributed by atoms with van der Waals surface area (Å²) < 4.78 is 1.95. The first-order valence-corrected chi connectivity index (χ1v) is 5.96. The second-order valence-electron chi connectivity index (χ2n) is 4.51. The van der Waals surface area contributed by atoms with Crippen LogP contribution in [0.25, 0.3) is 0 Å². The van der Waals surface area contributed by atoms with Crippen LogP contribution in [0.1, 0.15) is 44.0 Å². The van der Waals surface area contributed by atoms with Gasteiger partial charge in [-0.15, -0.1) is 0 Å². The highest BCUT2D eigenvalue weighted by molar-refractivity contribution is 5.81. The molecule has 1 unspecified atom stereocenters.